The summed E-state index contributed by atoms with van der Waals surface area (Å²) in [5, 5.41) is 15.7. The van der Waals surface area contributed by atoms with Gasteiger partial charge >= 0.3 is 5.97 Å². The second-order valence-electron chi connectivity index (χ2n) is 3.22. The molecule has 14 heavy (non-hydrogen) atoms. The first-order valence-corrected chi connectivity index (χ1v) is 4.42. The molecule has 0 aliphatic carbocycles. The van der Waals surface area contributed by atoms with Gasteiger partial charge in [-0.2, -0.15) is 0 Å². The Balaban J connectivity index is 2.21. The average Bonchev–Trinajstić information content (AvgIpc) is 2.67. The van der Waals surface area contributed by atoms with Crippen LogP contribution in [0.3, 0.4) is 0 Å². The van der Waals surface area contributed by atoms with Crippen LogP contribution in [0.4, 0.5) is 0 Å². The van der Waals surface area contributed by atoms with E-state index in [1.54, 1.807) is 0 Å². The molecule has 6 heteroatoms. The summed E-state index contributed by atoms with van der Waals surface area (Å²) in [4.78, 5) is 10.7. The van der Waals surface area contributed by atoms with Crippen LogP contribution >= 0.6 is 0 Å². The van der Waals surface area contributed by atoms with E-state index in [0.717, 1.165) is 19.4 Å². The topological polar surface area (TPSA) is 85.5 Å². The zero-order chi connectivity index (χ0) is 9.97. The number of hydrogen-bond donors (Lipinski definition) is 1. The highest BCUT2D eigenvalue weighted by molar-refractivity contribution is 5.86. The summed E-state index contributed by atoms with van der Waals surface area (Å²) >= 11 is 0. The Hall–Kier alpha value is -1.43. The van der Waals surface area contributed by atoms with Crippen molar-refractivity contribution >= 4 is 5.97 Å². The molecule has 0 aromatic carbocycles. The van der Waals surface area contributed by atoms with Crippen LogP contribution in [0.15, 0.2) is 4.63 Å². The van der Waals surface area contributed by atoms with Gasteiger partial charge in [-0.15, -0.1) is 0 Å². The van der Waals surface area contributed by atoms with Crippen molar-refractivity contribution in [2.45, 2.75) is 18.8 Å². The molecule has 6 nitrogen and oxygen atoms in total. The third kappa shape index (κ3) is 1.60. The Bertz CT molecular complexity index is 330. The van der Waals surface area contributed by atoms with Crippen LogP contribution in [-0.2, 0) is 4.74 Å². The van der Waals surface area contributed by atoms with E-state index in [1.807, 2.05) is 0 Å². The molecule has 1 saturated heterocycles. The van der Waals surface area contributed by atoms with Gasteiger partial charge in [0, 0.05) is 12.5 Å². The van der Waals surface area contributed by atoms with Crippen molar-refractivity contribution in [1.82, 2.24) is 10.3 Å². The van der Waals surface area contributed by atoms with Gasteiger partial charge in [0.25, 0.3) is 0 Å². The largest absolute Gasteiger partial charge is 0.476 e. The third-order valence-electron chi connectivity index (χ3n) is 2.26. The molecule has 0 bridgehead atoms. The lowest BCUT2D eigenvalue weighted by molar-refractivity contribution is 0.0672. The molecule has 76 valence electrons. The van der Waals surface area contributed by atoms with Crippen LogP contribution in [0.25, 0.3) is 0 Å². The number of carboxylic acid groups (broad SMARTS) is 1. The maximum atomic E-state index is 10.7. The number of aromatic nitrogens is 2. The highest BCUT2D eigenvalue weighted by Crippen LogP contribution is 2.25. The summed E-state index contributed by atoms with van der Waals surface area (Å²) in [6.45, 7) is 1.22. The van der Waals surface area contributed by atoms with Gasteiger partial charge in [0.15, 0.2) is 0 Å². The van der Waals surface area contributed by atoms with Gasteiger partial charge < -0.3 is 9.84 Å². The van der Waals surface area contributed by atoms with Crippen LogP contribution in [0.1, 0.15) is 34.9 Å². The number of carboxylic acids is 1. The van der Waals surface area contributed by atoms with Crippen LogP contribution in [0.5, 0.6) is 0 Å². The molecule has 0 saturated carbocycles. The van der Waals surface area contributed by atoms with E-state index in [2.05, 4.69) is 14.9 Å². The lowest BCUT2D eigenvalue weighted by Gasteiger charge is -2.19. The first-order valence-electron chi connectivity index (χ1n) is 4.42. The fraction of sp³-hybridized carbons (Fsp3) is 0.625. The zero-order valence-electron chi connectivity index (χ0n) is 7.47. The summed E-state index contributed by atoms with van der Waals surface area (Å²) in [5.74, 6) is -1.10. The SMILES string of the molecule is O=C(O)c1nonc1C1CCCOC1. The van der Waals surface area contributed by atoms with Gasteiger partial charge in [-0.3, -0.25) is 0 Å². The molecule has 1 N–H and O–H groups in total. The normalized spacial score (nSPS) is 22.1. The number of carbonyl (C=O) groups is 1. The van der Waals surface area contributed by atoms with E-state index >= 15 is 0 Å². The van der Waals surface area contributed by atoms with E-state index in [-0.39, 0.29) is 11.6 Å². The maximum absolute atomic E-state index is 10.7. The van der Waals surface area contributed by atoms with Crippen molar-refractivity contribution in [3.63, 3.8) is 0 Å². The summed E-state index contributed by atoms with van der Waals surface area (Å²) < 4.78 is 9.66. The Kier molecular flexibility index (Phi) is 2.45. The molecule has 0 amide bonds. The van der Waals surface area contributed by atoms with Crippen molar-refractivity contribution < 1.29 is 19.3 Å². The molecule has 1 aromatic heterocycles. The minimum atomic E-state index is -1.10. The van der Waals surface area contributed by atoms with Gasteiger partial charge in [-0.1, -0.05) is 5.16 Å². The Labute approximate surface area is 79.8 Å². The number of hydrogen-bond acceptors (Lipinski definition) is 5. The van der Waals surface area contributed by atoms with Crippen LogP contribution < -0.4 is 0 Å². The maximum Gasteiger partial charge on any atom is 0.360 e. The van der Waals surface area contributed by atoms with Crippen LogP contribution in [0.2, 0.25) is 0 Å². The molecule has 1 atom stereocenters. The van der Waals surface area contributed by atoms with Gasteiger partial charge in [0.05, 0.1) is 6.61 Å². The number of ether oxygens (including phenoxy) is 1. The Morgan fingerprint density at radius 1 is 1.50 bits per heavy atom. The molecule has 2 rings (SSSR count). The number of nitrogens with zero attached hydrogens (tertiary/aromatic N) is 2. The Morgan fingerprint density at radius 2 is 2.36 bits per heavy atom. The molecule has 1 fully saturated rings. The van der Waals surface area contributed by atoms with Crippen molar-refractivity contribution in [3.8, 4) is 0 Å². The highest BCUT2D eigenvalue weighted by atomic mass is 16.6. The minimum Gasteiger partial charge on any atom is -0.476 e. The molecule has 1 aliphatic heterocycles. The predicted molar refractivity (Wildman–Crippen MR) is 44.1 cm³/mol. The van der Waals surface area contributed by atoms with Crippen molar-refractivity contribution in [2.75, 3.05) is 13.2 Å². The first kappa shape index (κ1) is 9.14. The smallest absolute Gasteiger partial charge is 0.360 e. The molecule has 0 spiro atoms. The fourth-order valence-electron chi connectivity index (χ4n) is 1.57. The lowest BCUT2D eigenvalue weighted by atomic mass is 9.97. The molecular weight excluding hydrogens is 188 g/mol. The summed E-state index contributed by atoms with van der Waals surface area (Å²) in [6.07, 6.45) is 1.78. The predicted octanol–water partition coefficient (Wildman–Crippen LogP) is 0.662. The standard InChI is InChI=1S/C8H10N2O4/c11-8(12)7-6(9-14-10-7)5-2-1-3-13-4-5/h5H,1-4H2,(H,11,12). The monoisotopic (exact) mass is 198 g/mol. The zero-order valence-corrected chi connectivity index (χ0v) is 7.47. The molecule has 1 unspecified atom stereocenters. The minimum absolute atomic E-state index is 0.00102. The quantitative estimate of drug-likeness (QED) is 0.751. The fourth-order valence-corrected chi connectivity index (χ4v) is 1.57. The first-order chi connectivity index (χ1) is 6.79. The lowest BCUT2D eigenvalue weighted by Crippen LogP contribution is -2.18. The second kappa shape index (κ2) is 3.75. The van der Waals surface area contributed by atoms with Gasteiger partial charge in [0.1, 0.15) is 5.69 Å². The summed E-state index contributed by atoms with van der Waals surface area (Å²) in [7, 11) is 0. The second-order valence-corrected chi connectivity index (χ2v) is 3.22. The van der Waals surface area contributed by atoms with Gasteiger partial charge in [-0.05, 0) is 18.0 Å². The van der Waals surface area contributed by atoms with Crippen molar-refractivity contribution in [1.29, 1.82) is 0 Å². The summed E-state index contributed by atoms with van der Waals surface area (Å²) in [6, 6.07) is 0. The van der Waals surface area contributed by atoms with E-state index in [4.69, 9.17) is 9.84 Å². The molecule has 1 aliphatic rings. The number of aromatic carboxylic acids is 1. The van der Waals surface area contributed by atoms with Gasteiger partial charge in [-0.25, -0.2) is 9.42 Å². The van der Waals surface area contributed by atoms with Crippen molar-refractivity contribution in [2.24, 2.45) is 0 Å². The average molecular weight is 198 g/mol. The van der Waals surface area contributed by atoms with Crippen LogP contribution in [0, 0.1) is 0 Å². The molecule has 0 radical (unpaired) electrons. The van der Waals surface area contributed by atoms with E-state index in [9.17, 15) is 4.79 Å². The van der Waals surface area contributed by atoms with Crippen LogP contribution in [-0.4, -0.2) is 34.6 Å². The third-order valence-corrected chi connectivity index (χ3v) is 2.26. The molecule has 2 heterocycles. The molecule has 1 aromatic rings. The van der Waals surface area contributed by atoms with E-state index in [0.29, 0.717) is 12.3 Å². The molecular formula is C8H10N2O4. The van der Waals surface area contributed by atoms with E-state index < -0.39 is 5.97 Å². The summed E-state index contributed by atoms with van der Waals surface area (Å²) in [5.41, 5.74) is 0.303. The number of rotatable bonds is 2. The van der Waals surface area contributed by atoms with Gasteiger partial charge in [0.2, 0.25) is 5.69 Å². The van der Waals surface area contributed by atoms with E-state index in [1.165, 1.54) is 0 Å². The Morgan fingerprint density at radius 3 is 3.00 bits per heavy atom. The van der Waals surface area contributed by atoms with Crippen molar-refractivity contribution in [3.05, 3.63) is 11.4 Å². The highest BCUT2D eigenvalue weighted by Gasteiger charge is 2.26.